The number of nitrogens with zero attached hydrogens (tertiary/aromatic N) is 3. The maximum atomic E-state index is 12.4. The van der Waals surface area contributed by atoms with Crippen molar-refractivity contribution in [3.05, 3.63) is 42.1 Å². The Hall–Kier alpha value is -3.03. The second kappa shape index (κ2) is 8.37. The molecular weight excluding hydrogens is 336 g/mol. The summed E-state index contributed by atoms with van der Waals surface area (Å²) in [6, 6.07) is 8.97. The predicted octanol–water partition coefficient (Wildman–Crippen LogP) is 1.86. The lowest BCUT2D eigenvalue weighted by Crippen LogP contribution is -2.39. The number of urea groups is 1. The Morgan fingerprint density at radius 1 is 1.27 bits per heavy atom. The number of benzene rings is 1. The molecule has 1 unspecified atom stereocenters. The fraction of sp³-hybridized carbons (Fsp3) is 0.389. The minimum atomic E-state index is -0.120. The van der Waals surface area contributed by atoms with Gasteiger partial charge in [-0.05, 0) is 23.8 Å². The van der Waals surface area contributed by atoms with Crippen molar-refractivity contribution in [1.29, 1.82) is 0 Å². The van der Waals surface area contributed by atoms with Crippen LogP contribution in [0.4, 0.5) is 4.79 Å². The first kappa shape index (κ1) is 17.8. The van der Waals surface area contributed by atoms with Gasteiger partial charge in [-0.25, -0.2) is 4.79 Å². The highest BCUT2D eigenvalue weighted by atomic mass is 16.5. The standard InChI is InChI=1S/C18H22N4O4/c1-24-15-6-5-13(10-16(15)25-2)11-19-18(23)22-9-7-14(12-22)26-17-4-3-8-20-21-17/h3-6,8,10,14H,7,9,11-12H2,1-2H3,(H,19,23). The van der Waals surface area contributed by atoms with E-state index >= 15 is 0 Å². The van der Waals surface area contributed by atoms with Crippen molar-refractivity contribution in [2.45, 2.75) is 19.1 Å². The SMILES string of the molecule is COc1ccc(CNC(=O)N2CCC(Oc3cccnn3)C2)cc1OC. The Morgan fingerprint density at radius 2 is 2.12 bits per heavy atom. The summed E-state index contributed by atoms with van der Waals surface area (Å²) in [4.78, 5) is 14.1. The lowest BCUT2D eigenvalue weighted by Gasteiger charge is -2.18. The van der Waals surface area contributed by atoms with Crippen LogP contribution >= 0.6 is 0 Å². The molecule has 8 nitrogen and oxygen atoms in total. The van der Waals surface area contributed by atoms with Crippen LogP contribution in [-0.2, 0) is 6.54 Å². The number of carbonyl (C=O) groups is 1. The molecule has 8 heteroatoms. The van der Waals surface area contributed by atoms with Crippen molar-refractivity contribution in [1.82, 2.24) is 20.4 Å². The van der Waals surface area contributed by atoms with E-state index in [1.54, 1.807) is 37.4 Å². The fourth-order valence-electron chi connectivity index (χ4n) is 2.81. The fourth-order valence-corrected chi connectivity index (χ4v) is 2.81. The molecule has 1 aliphatic rings. The highest BCUT2D eigenvalue weighted by Crippen LogP contribution is 2.27. The number of aromatic nitrogens is 2. The molecule has 2 amide bonds. The number of hydrogen-bond donors (Lipinski definition) is 1. The molecule has 0 saturated carbocycles. The smallest absolute Gasteiger partial charge is 0.317 e. The monoisotopic (exact) mass is 358 g/mol. The average molecular weight is 358 g/mol. The zero-order chi connectivity index (χ0) is 18.4. The molecule has 0 aliphatic carbocycles. The lowest BCUT2D eigenvalue weighted by molar-refractivity contribution is 0.182. The summed E-state index contributed by atoms with van der Waals surface area (Å²) in [5.74, 6) is 1.77. The zero-order valence-electron chi connectivity index (χ0n) is 14.8. The third-order valence-electron chi connectivity index (χ3n) is 4.16. The summed E-state index contributed by atoms with van der Waals surface area (Å²) in [6.45, 7) is 1.57. The van der Waals surface area contributed by atoms with Gasteiger partial charge in [0.1, 0.15) is 6.10 Å². The summed E-state index contributed by atoms with van der Waals surface area (Å²) in [6.07, 6.45) is 2.29. The summed E-state index contributed by atoms with van der Waals surface area (Å²) in [7, 11) is 3.17. The van der Waals surface area contributed by atoms with Crippen molar-refractivity contribution >= 4 is 6.03 Å². The first-order valence-corrected chi connectivity index (χ1v) is 8.37. The summed E-state index contributed by atoms with van der Waals surface area (Å²) < 4.78 is 16.2. The number of amides is 2. The van der Waals surface area contributed by atoms with Gasteiger partial charge in [0.15, 0.2) is 11.5 Å². The first-order chi connectivity index (χ1) is 12.7. The Bertz CT molecular complexity index is 741. The highest BCUT2D eigenvalue weighted by molar-refractivity contribution is 5.74. The van der Waals surface area contributed by atoms with E-state index in [0.717, 1.165) is 12.0 Å². The number of carbonyl (C=O) groups excluding carboxylic acids is 1. The first-order valence-electron chi connectivity index (χ1n) is 8.37. The molecule has 1 fully saturated rings. The highest BCUT2D eigenvalue weighted by Gasteiger charge is 2.27. The molecule has 1 atom stereocenters. The number of methoxy groups -OCH3 is 2. The molecule has 26 heavy (non-hydrogen) atoms. The van der Waals surface area contributed by atoms with Crippen LogP contribution in [0.2, 0.25) is 0 Å². The Balaban J connectivity index is 1.50. The van der Waals surface area contributed by atoms with Gasteiger partial charge < -0.3 is 24.4 Å². The second-order valence-corrected chi connectivity index (χ2v) is 5.88. The Kier molecular flexibility index (Phi) is 5.73. The van der Waals surface area contributed by atoms with Gasteiger partial charge >= 0.3 is 6.03 Å². The van der Waals surface area contributed by atoms with Gasteiger partial charge in [0.2, 0.25) is 5.88 Å². The number of ether oxygens (including phenoxy) is 3. The Labute approximate surface area is 152 Å². The Morgan fingerprint density at radius 3 is 2.85 bits per heavy atom. The third kappa shape index (κ3) is 4.33. The predicted molar refractivity (Wildman–Crippen MR) is 94.4 cm³/mol. The van der Waals surface area contributed by atoms with Crippen LogP contribution < -0.4 is 19.5 Å². The molecule has 1 N–H and O–H groups in total. The van der Waals surface area contributed by atoms with Crippen LogP contribution in [0.25, 0.3) is 0 Å². The van der Waals surface area contributed by atoms with Crippen molar-refractivity contribution in [3.63, 3.8) is 0 Å². The van der Waals surface area contributed by atoms with Crippen LogP contribution in [0.15, 0.2) is 36.5 Å². The number of hydrogen-bond acceptors (Lipinski definition) is 6. The number of likely N-dealkylation sites (tertiary alicyclic amines) is 1. The number of rotatable bonds is 6. The summed E-state index contributed by atoms with van der Waals surface area (Å²) in [5.41, 5.74) is 0.933. The topological polar surface area (TPSA) is 85.8 Å². The van der Waals surface area contributed by atoms with E-state index in [4.69, 9.17) is 14.2 Å². The molecule has 0 radical (unpaired) electrons. The van der Waals surface area contributed by atoms with E-state index in [9.17, 15) is 4.79 Å². The molecule has 1 aromatic heterocycles. The van der Waals surface area contributed by atoms with Gasteiger partial charge in [0.25, 0.3) is 0 Å². The van der Waals surface area contributed by atoms with Gasteiger partial charge in [0, 0.05) is 31.8 Å². The molecule has 2 aromatic rings. The molecule has 3 rings (SSSR count). The van der Waals surface area contributed by atoms with Gasteiger partial charge in [-0.1, -0.05) is 6.07 Å². The molecule has 0 spiro atoms. The van der Waals surface area contributed by atoms with E-state index < -0.39 is 0 Å². The van der Waals surface area contributed by atoms with Crippen LogP contribution in [-0.4, -0.2) is 54.5 Å². The van der Waals surface area contributed by atoms with E-state index in [1.165, 1.54) is 0 Å². The maximum Gasteiger partial charge on any atom is 0.317 e. The third-order valence-corrected chi connectivity index (χ3v) is 4.16. The average Bonchev–Trinajstić information content (AvgIpc) is 3.15. The van der Waals surface area contributed by atoms with Gasteiger partial charge in [-0.2, -0.15) is 5.10 Å². The van der Waals surface area contributed by atoms with Crippen LogP contribution in [0.1, 0.15) is 12.0 Å². The van der Waals surface area contributed by atoms with Gasteiger partial charge in [-0.15, -0.1) is 5.10 Å². The normalized spacial score (nSPS) is 16.2. The van der Waals surface area contributed by atoms with Crippen molar-refractivity contribution in [2.75, 3.05) is 27.3 Å². The van der Waals surface area contributed by atoms with Crippen LogP contribution in [0, 0.1) is 0 Å². The van der Waals surface area contributed by atoms with Crippen molar-refractivity contribution in [2.24, 2.45) is 0 Å². The molecular formula is C18H22N4O4. The molecule has 138 valence electrons. The molecule has 1 saturated heterocycles. The zero-order valence-corrected chi connectivity index (χ0v) is 14.8. The molecule has 0 bridgehead atoms. The van der Waals surface area contributed by atoms with Crippen LogP contribution in [0.5, 0.6) is 17.4 Å². The summed E-state index contributed by atoms with van der Waals surface area (Å²) in [5, 5.41) is 10.6. The van der Waals surface area contributed by atoms with E-state index in [2.05, 4.69) is 15.5 Å². The van der Waals surface area contributed by atoms with Gasteiger partial charge in [0.05, 0.1) is 20.8 Å². The van der Waals surface area contributed by atoms with Crippen LogP contribution in [0.3, 0.4) is 0 Å². The van der Waals surface area contributed by atoms with Gasteiger partial charge in [-0.3, -0.25) is 0 Å². The molecule has 1 aromatic carbocycles. The van der Waals surface area contributed by atoms with E-state index in [0.29, 0.717) is 37.0 Å². The minimum Gasteiger partial charge on any atom is -0.493 e. The van der Waals surface area contributed by atoms with E-state index in [-0.39, 0.29) is 12.1 Å². The lowest BCUT2D eigenvalue weighted by atomic mass is 10.2. The second-order valence-electron chi connectivity index (χ2n) is 5.88. The van der Waals surface area contributed by atoms with Crippen molar-refractivity contribution < 1.29 is 19.0 Å². The summed E-state index contributed by atoms with van der Waals surface area (Å²) >= 11 is 0. The quantitative estimate of drug-likeness (QED) is 0.848. The largest absolute Gasteiger partial charge is 0.493 e. The van der Waals surface area contributed by atoms with Crippen molar-refractivity contribution in [3.8, 4) is 17.4 Å². The molecule has 2 heterocycles. The van der Waals surface area contributed by atoms with E-state index in [1.807, 2.05) is 18.2 Å². The minimum absolute atomic E-state index is 0.0708. The molecule has 1 aliphatic heterocycles. The number of nitrogens with one attached hydrogen (secondary N) is 1. The maximum absolute atomic E-state index is 12.4.